The van der Waals surface area contributed by atoms with Crippen LogP contribution in [0.25, 0.3) is 0 Å². The van der Waals surface area contributed by atoms with Crippen LogP contribution in [0, 0.1) is 6.92 Å². The van der Waals surface area contributed by atoms with Crippen molar-refractivity contribution in [3.8, 4) is 0 Å². The number of hydrogen-bond acceptors (Lipinski definition) is 3. The molecule has 4 nitrogen and oxygen atoms in total. The average molecular weight is 369 g/mol. The molecule has 2 rings (SSSR count). The minimum absolute atomic E-state index is 0.297. The van der Waals surface area contributed by atoms with E-state index in [9.17, 15) is 8.42 Å². The van der Waals surface area contributed by atoms with Gasteiger partial charge in [-0.2, -0.15) is 0 Å². The third-order valence-electron chi connectivity index (χ3n) is 3.16. The lowest BCUT2D eigenvalue weighted by Gasteiger charge is -2.11. The van der Waals surface area contributed by atoms with Crippen molar-refractivity contribution in [1.82, 2.24) is 4.72 Å². The smallest absolute Gasteiger partial charge is 0.240 e. The first-order valence-corrected chi connectivity index (χ1v) is 8.72. The molecular formula is C15H17BrN2O2S. The summed E-state index contributed by atoms with van der Waals surface area (Å²) in [6, 6.07) is 13.3. The molecule has 0 atom stereocenters. The number of sulfonamides is 1. The highest BCUT2D eigenvalue weighted by Crippen LogP contribution is 2.20. The Labute approximate surface area is 133 Å². The van der Waals surface area contributed by atoms with Gasteiger partial charge in [0.1, 0.15) is 0 Å². The van der Waals surface area contributed by atoms with E-state index >= 15 is 0 Å². The van der Waals surface area contributed by atoms with E-state index in [0.717, 1.165) is 21.3 Å². The maximum absolute atomic E-state index is 11.9. The van der Waals surface area contributed by atoms with Crippen molar-refractivity contribution in [1.29, 1.82) is 0 Å². The molecule has 0 saturated carbocycles. The molecule has 0 fully saturated rings. The van der Waals surface area contributed by atoms with E-state index in [-0.39, 0.29) is 0 Å². The van der Waals surface area contributed by atoms with Gasteiger partial charge in [0, 0.05) is 16.7 Å². The summed E-state index contributed by atoms with van der Waals surface area (Å²) in [6.45, 7) is 2.41. The Morgan fingerprint density at radius 1 is 1.10 bits per heavy atom. The van der Waals surface area contributed by atoms with E-state index in [1.54, 1.807) is 19.1 Å². The van der Waals surface area contributed by atoms with Crippen molar-refractivity contribution in [3.05, 3.63) is 58.1 Å². The highest BCUT2D eigenvalue weighted by Gasteiger charge is 2.14. The molecule has 0 bridgehead atoms. The number of anilines is 1. The molecule has 0 aliphatic heterocycles. The number of aryl methyl sites for hydroxylation is 1. The third kappa shape index (κ3) is 4.06. The van der Waals surface area contributed by atoms with Crippen molar-refractivity contribution >= 4 is 31.6 Å². The molecule has 0 saturated heterocycles. The molecule has 6 heteroatoms. The fraction of sp³-hybridized carbons (Fsp3) is 0.200. The molecule has 2 N–H and O–H groups in total. The Bertz CT molecular complexity index is 728. The summed E-state index contributed by atoms with van der Waals surface area (Å²) in [5, 5.41) is 3.24. The van der Waals surface area contributed by atoms with Crippen molar-refractivity contribution in [2.24, 2.45) is 0 Å². The molecule has 0 radical (unpaired) electrons. The maximum Gasteiger partial charge on any atom is 0.240 e. The minimum Gasteiger partial charge on any atom is -0.381 e. The average Bonchev–Trinajstić information content (AvgIpc) is 2.48. The lowest BCUT2D eigenvalue weighted by Crippen LogP contribution is -2.19. The van der Waals surface area contributed by atoms with Gasteiger partial charge in [0.2, 0.25) is 10.0 Å². The second-order valence-electron chi connectivity index (χ2n) is 4.67. The van der Waals surface area contributed by atoms with E-state index in [0.29, 0.717) is 11.4 Å². The van der Waals surface area contributed by atoms with Crippen LogP contribution < -0.4 is 10.0 Å². The van der Waals surface area contributed by atoms with E-state index in [1.807, 2.05) is 30.3 Å². The van der Waals surface area contributed by atoms with Crippen molar-refractivity contribution in [2.75, 3.05) is 12.4 Å². The number of rotatable bonds is 5. The van der Waals surface area contributed by atoms with Gasteiger partial charge in [-0.3, -0.25) is 0 Å². The normalized spacial score (nSPS) is 11.4. The summed E-state index contributed by atoms with van der Waals surface area (Å²) in [7, 11) is -2.02. The van der Waals surface area contributed by atoms with Crippen LogP contribution in [-0.2, 0) is 16.6 Å². The van der Waals surface area contributed by atoms with Gasteiger partial charge in [-0.25, -0.2) is 13.1 Å². The van der Waals surface area contributed by atoms with E-state index in [1.165, 1.54) is 7.05 Å². The van der Waals surface area contributed by atoms with Crippen LogP contribution in [0.1, 0.15) is 11.1 Å². The van der Waals surface area contributed by atoms with Crippen LogP contribution in [0.3, 0.4) is 0 Å². The van der Waals surface area contributed by atoms with E-state index < -0.39 is 10.0 Å². The van der Waals surface area contributed by atoms with Crippen molar-refractivity contribution in [2.45, 2.75) is 18.4 Å². The van der Waals surface area contributed by atoms with Gasteiger partial charge in [-0.15, -0.1) is 0 Å². The molecule has 112 valence electrons. The first-order chi connectivity index (χ1) is 9.92. The first-order valence-electron chi connectivity index (χ1n) is 6.45. The van der Waals surface area contributed by atoms with Gasteiger partial charge in [-0.05, 0) is 49.4 Å². The second kappa shape index (κ2) is 6.60. The summed E-state index contributed by atoms with van der Waals surface area (Å²) >= 11 is 3.39. The molecule has 2 aromatic carbocycles. The lowest BCUT2D eigenvalue weighted by atomic mass is 10.2. The molecule has 0 aromatic heterocycles. The maximum atomic E-state index is 11.9. The van der Waals surface area contributed by atoms with Crippen LogP contribution in [0.4, 0.5) is 5.69 Å². The molecule has 2 aromatic rings. The predicted molar refractivity (Wildman–Crippen MR) is 88.9 cm³/mol. The zero-order chi connectivity index (χ0) is 15.5. The standard InChI is InChI=1S/C15H17BrN2O2S/c1-11-3-8-14(9-15(11)21(19,20)17-2)18-10-12-4-6-13(16)7-5-12/h3-9,17-18H,10H2,1-2H3. The number of halogens is 1. The van der Waals surface area contributed by atoms with Gasteiger partial charge in [-0.1, -0.05) is 34.1 Å². The fourth-order valence-electron chi connectivity index (χ4n) is 1.92. The van der Waals surface area contributed by atoms with Crippen LogP contribution in [0.5, 0.6) is 0 Å². The quantitative estimate of drug-likeness (QED) is 0.851. The van der Waals surface area contributed by atoms with Gasteiger partial charge >= 0.3 is 0 Å². The topological polar surface area (TPSA) is 58.2 Å². The molecule has 0 aliphatic rings. The Balaban J connectivity index is 2.18. The Morgan fingerprint density at radius 2 is 1.76 bits per heavy atom. The number of benzene rings is 2. The molecule has 0 aliphatic carbocycles. The first kappa shape index (κ1) is 16.0. The van der Waals surface area contributed by atoms with Gasteiger partial charge in [0.25, 0.3) is 0 Å². The van der Waals surface area contributed by atoms with Crippen LogP contribution >= 0.6 is 15.9 Å². The van der Waals surface area contributed by atoms with Gasteiger partial charge in [0.05, 0.1) is 4.90 Å². The molecule has 0 amide bonds. The van der Waals surface area contributed by atoms with Crippen molar-refractivity contribution < 1.29 is 8.42 Å². The van der Waals surface area contributed by atoms with Crippen LogP contribution in [0.15, 0.2) is 51.8 Å². The zero-order valence-corrected chi connectivity index (χ0v) is 14.3. The number of nitrogens with one attached hydrogen (secondary N) is 2. The Kier molecular flexibility index (Phi) is 5.03. The highest BCUT2D eigenvalue weighted by molar-refractivity contribution is 9.10. The predicted octanol–water partition coefficient (Wildman–Crippen LogP) is 3.28. The SMILES string of the molecule is CNS(=O)(=O)c1cc(NCc2ccc(Br)cc2)ccc1C. The summed E-state index contributed by atoms with van der Waals surface area (Å²) in [6.07, 6.45) is 0. The summed E-state index contributed by atoms with van der Waals surface area (Å²) in [5.74, 6) is 0. The van der Waals surface area contributed by atoms with Crippen LogP contribution in [-0.4, -0.2) is 15.5 Å². The van der Waals surface area contributed by atoms with E-state index in [2.05, 4.69) is 26.0 Å². The zero-order valence-electron chi connectivity index (χ0n) is 11.9. The molecular weight excluding hydrogens is 352 g/mol. The summed E-state index contributed by atoms with van der Waals surface area (Å²) in [5.41, 5.74) is 2.62. The van der Waals surface area contributed by atoms with Gasteiger partial charge in [0.15, 0.2) is 0 Å². The number of hydrogen-bond donors (Lipinski definition) is 2. The van der Waals surface area contributed by atoms with Gasteiger partial charge < -0.3 is 5.32 Å². The summed E-state index contributed by atoms with van der Waals surface area (Å²) in [4.78, 5) is 0.297. The Morgan fingerprint density at radius 3 is 2.38 bits per heavy atom. The Hall–Kier alpha value is -1.37. The largest absolute Gasteiger partial charge is 0.381 e. The van der Waals surface area contributed by atoms with E-state index in [4.69, 9.17) is 0 Å². The monoisotopic (exact) mass is 368 g/mol. The molecule has 0 unspecified atom stereocenters. The van der Waals surface area contributed by atoms with Crippen molar-refractivity contribution in [3.63, 3.8) is 0 Å². The minimum atomic E-state index is -3.44. The van der Waals surface area contributed by atoms with Crippen LogP contribution in [0.2, 0.25) is 0 Å². The fourth-order valence-corrected chi connectivity index (χ4v) is 3.17. The summed E-state index contributed by atoms with van der Waals surface area (Å²) < 4.78 is 27.3. The molecule has 21 heavy (non-hydrogen) atoms. The lowest BCUT2D eigenvalue weighted by molar-refractivity contribution is 0.587. The molecule has 0 spiro atoms. The molecule has 0 heterocycles. The second-order valence-corrected chi connectivity index (χ2v) is 7.44. The highest BCUT2D eigenvalue weighted by atomic mass is 79.9. The third-order valence-corrected chi connectivity index (χ3v) is 5.24.